The molecule has 22 heavy (non-hydrogen) atoms. The summed E-state index contributed by atoms with van der Waals surface area (Å²) in [5, 5.41) is 4.24. The van der Waals surface area contributed by atoms with Gasteiger partial charge in [0.15, 0.2) is 12.5 Å². The second kappa shape index (κ2) is 6.27. The minimum atomic E-state index is -0.357. The van der Waals surface area contributed by atoms with E-state index in [1.807, 2.05) is 13.1 Å². The largest absolute Gasteiger partial charge is 0.369 e. The number of hydrogen-bond donors (Lipinski definition) is 0. The molecule has 0 amide bonds. The fourth-order valence-electron chi connectivity index (χ4n) is 2.79. The maximum atomic E-state index is 13.0. The van der Waals surface area contributed by atoms with E-state index in [0.29, 0.717) is 0 Å². The molecule has 1 aromatic carbocycles. The number of aldehydes is 1. The number of benzene rings is 1. The second-order valence-corrected chi connectivity index (χ2v) is 5.55. The number of rotatable bonds is 4. The Bertz CT molecular complexity index is 632. The van der Waals surface area contributed by atoms with Gasteiger partial charge in [0.1, 0.15) is 5.82 Å². The third-order valence-electron chi connectivity index (χ3n) is 4.00. The van der Waals surface area contributed by atoms with Crippen molar-refractivity contribution in [3.05, 3.63) is 48.0 Å². The molecule has 0 aliphatic carbocycles. The topological polar surface area (TPSA) is 41.4 Å². The van der Waals surface area contributed by atoms with Gasteiger partial charge in [-0.1, -0.05) is 0 Å². The minimum Gasteiger partial charge on any atom is -0.369 e. The molecule has 1 unspecified atom stereocenters. The van der Waals surface area contributed by atoms with Crippen molar-refractivity contribution in [1.82, 2.24) is 14.7 Å². The molecule has 0 N–H and O–H groups in total. The normalized spacial score (nSPS) is 17.5. The Morgan fingerprint density at radius 2 is 1.86 bits per heavy atom. The molecule has 0 bridgehead atoms. The van der Waals surface area contributed by atoms with Crippen LogP contribution < -0.4 is 4.90 Å². The maximum absolute atomic E-state index is 13.0. The molecule has 1 fully saturated rings. The van der Waals surface area contributed by atoms with Crippen molar-refractivity contribution in [3.8, 4) is 0 Å². The van der Waals surface area contributed by atoms with Crippen LogP contribution in [0.25, 0.3) is 0 Å². The molecule has 2 aromatic rings. The Morgan fingerprint density at radius 3 is 2.41 bits per heavy atom. The van der Waals surface area contributed by atoms with Crippen LogP contribution in [0.3, 0.4) is 0 Å². The second-order valence-electron chi connectivity index (χ2n) is 5.55. The highest BCUT2D eigenvalue weighted by Crippen LogP contribution is 2.20. The Hall–Kier alpha value is -2.21. The molecule has 0 saturated carbocycles. The van der Waals surface area contributed by atoms with Crippen molar-refractivity contribution >= 4 is 12.0 Å². The van der Waals surface area contributed by atoms with E-state index in [2.05, 4.69) is 14.9 Å². The predicted octanol–water partition coefficient (Wildman–Crippen LogP) is 1.85. The average Bonchev–Trinajstić information content (AvgIpc) is 2.96. The summed E-state index contributed by atoms with van der Waals surface area (Å²) in [6, 6.07) is 6.53. The van der Waals surface area contributed by atoms with Crippen molar-refractivity contribution in [2.24, 2.45) is 0 Å². The van der Waals surface area contributed by atoms with E-state index >= 15 is 0 Å². The van der Waals surface area contributed by atoms with Crippen LogP contribution >= 0.6 is 0 Å². The van der Waals surface area contributed by atoms with E-state index < -0.39 is 0 Å². The van der Waals surface area contributed by atoms with Crippen LogP contribution in [0.1, 0.15) is 11.7 Å². The van der Waals surface area contributed by atoms with E-state index in [1.165, 1.54) is 12.1 Å². The summed E-state index contributed by atoms with van der Waals surface area (Å²) in [4.78, 5) is 15.8. The van der Waals surface area contributed by atoms with E-state index in [-0.39, 0.29) is 12.0 Å². The van der Waals surface area contributed by atoms with E-state index in [0.717, 1.165) is 43.7 Å². The highest BCUT2D eigenvalue weighted by Gasteiger charge is 2.25. The summed E-state index contributed by atoms with van der Waals surface area (Å²) >= 11 is 0. The number of halogens is 1. The fourth-order valence-corrected chi connectivity index (χ4v) is 2.79. The molecule has 1 aromatic heterocycles. The van der Waals surface area contributed by atoms with Gasteiger partial charge in [-0.25, -0.2) is 9.07 Å². The summed E-state index contributed by atoms with van der Waals surface area (Å²) in [6.07, 6.45) is 4.21. The van der Waals surface area contributed by atoms with Gasteiger partial charge >= 0.3 is 0 Å². The average molecular weight is 302 g/mol. The number of anilines is 1. The monoisotopic (exact) mass is 302 g/mol. The predicted molar refractivity (Wildman–Crippen MR) is 82.3 cm³/mol. The summed E-state index contributed by atoms with van der Waals surface area (Å²) in [6.45, 7) is 5.09. The lowest BCUT2D eigenvalue weighted by Crippen LogP contribution is -2.49. The Labute approximate surface area is 128 Å². The third-order valence-corrected chi connectivity index (χ3v) is 4.00. The first-order chi connectivity index (χ1) is 10.7. The zero-order valence-electron chi connectivity index (χ0n) is 12.5. The number of piperazine rings is 1. The Balaban J connectivity index is 1.65. The molecule has 0 spiro atoms. The van der Waals surface area contributed by atoms with Crippen molar-refractivity contribution in [2.75, 3.05) is 31.1 Å². The molecule has 1 atom stereocenters. The number of hydrogen-bond acceptors (Lipinski definition) is 4. The van der Waals surface area contributed by atoms with Gasteiger partial charge in [0.2, 0.25) is 0 Å². The highest BCUT2D eigenvalue weighted by molar-refractivity contribution is 5.55. The fraction of sp³-hybridized carbons (Fsp3) is 0.375. The van der Waals surface area contributed by atoms with Gasteiger partial charge in [0.25, 0.3) is 0 Å². The summed E-state index contributed by atoms with van der Waals surface area (Å²) in [7, 11) is 0. The first-order valence-electron chi connectivity index (χ1n) is 7.38. The Morgan fingerprint density at radius 1 is 1.18 bits per heavy atom. The zero-order valence-corrected chi connectivity index (χ0v) is 12.5. The molecule has 1 aliphatic heterocycles. The van der Waals surface area contributed by atoms with Gasteiger partial charge < -0.3 is 4.90 Å². The van der Waals surface area contributed by atoms with Crippen molar-refractivity contribution in [2.45, 2.75) is 13.1 Å². The quantitative estimate of drug-likeness (QED) is 0.808. The minimum absolute atomic E-state index is 0.225. The lowest BCUT2D eigenvalue weighted by atomic mass is 10.2. The smallest absolute Gasteiger partial charge is 0.160 e. The van der Waals surface area contributed by atoms with Crippen LogP contribution in [0.15, 0.2) is 36.7 Å². The van der Waals surface area contributed by atoms with Crippen molar-refractivity contribution in [1.29, 1.82) is 0 Å². The Kier molecular flexibility index (Phi) is 4.20. The van der Waals surface area contributed by atoms with Crippen LogP contribution in [-0.2, 0) is 4.79 Å². The standard InChI is InChI=1S/C16H19FN4O/c1-13-10-18-21(11-13)16(12-22)20-8-6-19(7-9-20)15-4-2-14(17)3-5-15/h2-5,10-12,16H,6-9H2,1H3. The summed E-state index contributed by atoms with van der Waals surface area (Å²) in [5.74, 6) is -0.225. The molecule has 2 heterocycles. The molecule has 116 valence electrons. The van der Waals surface area contributed by atoms with Crippen molar-refractivity contribution < 1.29 is 9.18 Å². The molecule has 5 nitrogen and oxygen atoms in total. The molecular weight excluding hydrogens is 283 g/mol. The van der Waals surface area contributed by atoms with Gasteiger partial charge in [-0.3, -0.25) is 9.69 Å². The number of aromatic nitrogens is 2. The van der Waals surface area contributed by atoms with Gasteiger partial charge in [0.05, 0.1) is 6.20 Å². The van der Waals surface area contributed by atoms with E-state index in [4.69, 9.17) is 0 Å². The van der Waals surface area contributed by atoms with Gasteiger partial charge in [-0.2, -0.15) is 5.10 Å². The summed E-state index contributed by atoms with van der Waals surface area (Å²) < 4.78 is 14.7. The summed E-state index contributed by atoms with van der Waals surface area (Å²) in [5.41, 5.74) is 2.05. The van der Waals surface area contributed by atoms with Gasteiger partial charge in [-0.15, -0.1) is 0 Å². The van der Waals surface area contributed by atoms with Crippen molar-refractivity contribution in [3.63, 3.8) is 0 Å². The van der Waals surface area contributed by atoms with Crippen LogP contribution in [0, 0.1) is 12.7 Å². The molecule has 1 saturated heterocycles. The molecule has 0 radical (unpaired) electrons. The molecular formula is C16H19FN4O. The number of nitrogens with zero attached hydrogens (tertiary/aromatic N) is 4. The zero-order chi connectivity index (χ0) is 15.5. The first-order valence-corrected chi connectivity index (χ1v) is 7.38. The van der Waals surface area contributed by atoms with E-state index in [9.17, 15) is 9.18 Å². The maximum Gasteiger partial charge on any atom is 0.160 e. The van der Waals surface area contributed by atoms with Crippen LogP contribution in [-0.4, -0.2) is 47.1 Å². The first kappa shape index (κ1) is 14.7. The van der Waals surface area contributed by atoms with Crippen LogP contribution in [0.2, 0.25) is 0 Å². The van der Waals surface area contributed by atoms with Gasteiger partial charge in [-0.05, 0) is 36.8 Å². The number of aryl methyl sites for hydroxylation is 1. The molecule has 3 rings (SSSR count). The number of carbonyl (C=O) groups is 1. The van der Waals surface area contributed by atoms with Crippen LogP contribution in [0.5, 0.6) is 0 Å². The highest BCUT2D eigenvalue weighted by atomic mass is 19.1. The molecule has 1 aliphatic rings. The third kappa shape index (κ3) is 3.01. The molecule has 6 heteroatoms. The van der Waals surface area contributed by atoms with Gasteiger partial charge in [0, 0.05) is 38.1 Å². The SMILES string of the molecule is Cc1cnn(C(C=O)N2CCN(c3ccc(F)cc3)CC2)c1. The number of carbonyl (C=O) groups excluding carboxylic acids is 1. The lowest BCUT2D eigenvalue weighted by Gasteiger charge is -2.38. The lowest BCUT2D eigenvalue weighted by molar-refractivity contribution is -0.115. The van der Waals surface area contributed by atoms with Crippen LogP contribution in [0.4, 0.5) is 10.1 Å². The van der Waals surface area contributed by atoms with E-state index in [1.54, 1.807) is 23.0 Å².